The average molecular weight is 548 g/mol. The van der Waals surface area contributed by atoms with Crippen LogP contribution in [0.15, 0.2) is 84.9 Å². The van der Waals surface area contributed by atoms with E-state index in [1.54, 1.807) is 4.31 Å². The lowest BCUT2D eigenvalue weighted by atomic mass is 9.74. The van der Waals surface area contributed by atoms with Crippen LogP contribution in [-0.2, 0) is 20.6 Å². The summed E-state index contributed by atoms with van der Waals surface area (Å²) in [5.74, 6) is 1.44. The summed E-state index contributed by atoms with van der Waals surface area (Å²) in [5.41, 5.74) is 1.07. The predicted molar refractivity (Wildman–Crippen MR) is 154 cm³/mol. The van der Waals surface area contributed by atoms with Crippen LogP contribution in [0.2, 0.25) is 0 Å². The fourth-order valence-electron chi connectivity index (χ4n) is 6.07. The van der Waals surface area contributed by atoms with E-state index >= 15 is 0 Å². The van der Waals surface area contributed by atoms with Crippen molar-refractivity contribution in [3.05, 3.63) is 90.5 Å². The molecule has 1 spiro atoms. The molecule has 0 aromatic heterocycles. The standard InChI is InChI=1S/C31H37N3O4S/c1-30(2)23-31(24-34(30)39(36,37)22-25-9-5-3-6-10-25)17-19-33(20-18-31)21-29(35)32-26-13-15-28(16-14-26)38-27-11-7-4-8-12-27/h3-16H,17-24H2,1-2H3,(H,32,35). The fourth-order valence-corrected chi connectivity index (χ4v) is 8.13. The fraction of sp³-hybridized carbons (Fsp3) is 0.387. The summed E-state index contributed by atoms with van der Waals surface area (Å²) in [6.07, 6.45) is 2.60. The first-order chi connectivity index (χ1) is 18.6. The van der Waals surface area contributed by atoms with Crippen LogP contribution in [-0.4, -0.2) is 55.2 Å². The highest BCUT2D eigenvalue weighted by Gasteiger charge is 2.53. The third-order valence-electron chi connectivity index (χ3n) is 7.89. The second kappa shape index (κ2) is 11.1. The Morgan fingerprint density at radius 2 is 1.46 bits per heavy atom. The molecular weight excluding hydrogens is 510 g/mol. The molecule has 8 heteroatoms. The van der Waals surface area contributed by atoms with Crippen molar-refractivity contribution < 1.29 is 17.9 Å². The summed E-state index contributed by atoms with van der Waals surface area (Å²) in [5, 5.41) is 2.98. The van der Waals surface area contributed by atoms with Crippen LogP contribution in [0.4, 0.5) is 5.69 Å². The number of carbonyl (C=O) groups is 1. The summed E-state index contributed by atoms with van der Waals surface area (Å²) in [6, 6.07) is 26.3. The van der Waals surface area contributed by atoms with Gasteiger partial charge in [0.25, 0.3) is 0 Å². The molecule has 0 bridgehead atoms. The van der Waals surface area contributed by atoms with Gasteiger partial charge in [0.1, 0.15) is 11.5 Å². The van der Waals surface area contributed by atoms with E-state index < -0.39 is 15.6 Å². The molecule has 5 rings (SSSR count). The third-order valence-corrected chi connectivity index (χ3v) is 9.88. The summed E-state index contributed by atoms with van der Waals surface area (Å²) in [4.78, 5) is 14.9. The molecular formula is C31H37N3O4S. The first-order valence-corrected chi connectivity index (χ1v) is 15.1. The van der Waals surface area contributed by atoms with Crippen LogP contribution in [0, 0.1) is 5.41 Å². The van der Waals surface area contributed by atoms with Crippen molar-refractivity contribution in [2.75, 3.05) is 31.5 Å². The molecule has 0 aliphatic carbocycles. The van der Waals surface area contributed by atoms with E-state index in [9.17, 15) is 13.2 Å². The second-order valence-corrected chi connectivity index (χ2v) is 13.4. The molecule has 0 atom stereocenters. The zero-order valence-electron chi connectivity index (χ0n) is 22.7. The second-order valence-electron chi connectivity index (χ2n) is 11.5. The van der Waals surface area contributed by atoms with Gasteiger partial charge < -0.3 is 10.1 Å². The maximum atomic E-state index is 13.4. The lowest BCUT2D eigenvalue weighted by Gasteiger charge is -2.39. The minimum Gasteiger partial charge on any atom is -0.457 e. The number of amides is 1. The van der Waals surface area contributed by atoms with Crippen molar-refractivity contribution in [2.24, 2.45) is 5.41 Å². The number of hydrogen-bond donors (Lipinski definition) is 1. The highest BCUT2D eigenvalue weighted by Crippen LogP contribution is 2.49. The summed E-state index contributed by atoms with van der Waals surface area (Å²) in [7, 11) is -3.44. The van der Waals surface area contributed by atoms with Crippen LogP contribution < -0.4 is 10.1 Å². The van der Waals surface area contributed by atoms with Gasteiger partial charge in [-0.25, -0.2) is 8.42 Å². The number of carbonyl (C=O) groups excluding carboxylic acids is 1. The number of ether oxygens (including phenoxy) is 1. The number of piperidine rings is 1. The van der Waals surface area contributed by atoms with Gasteiger partial charge in [0, 0.05) is 17.8 Å². The molecule has 1 amide bonds. The van der Waals surface area contributed by atoms with E-state index in [2.05, 4.69) is 10.2 Å². The van der Waals surface area contributed by atoms with Crippen molar-refractivity contribution in [3.8, 4) is 11.5 Å². The normalized spacial score (nSPS) is 19.1. The van der Waals surface area contributed by atoms with Crippen LogP contribution in [0.5, 0.6) is 11.5 Å². The van der Waals surface area contributed by atoms with E-state index in [4.69, 9.17) is 4.74 Å². The molecule has 206 valence electrons. The average Bonchev–Trinajstić information content (AvgIpc) is 3.18. The zero-order chi connectivity index (χ0) is 27.5. The molecule has 0 saturated carbocycles. The Balaban J connectivity index is 1.12. The number of hydrogen-bond acceptors (Lipinski definition) is 5. The first kappa shape index (κ1) is 27.4. The van der Waals surface area contributed by atoms with E-state index in [-0.39, 0.29) is 17.1 Å². The molecule has 3 aromatic carbocycles. The molecule has 2 aliphatic rings. The van der Waals surface area contributed by atoms with Crippen molar-refractivity contribution >= 4 is 21.6 Å². The van der Waals surface area contributed by atoms with Gasteiger partial charge in [-0.15, -0.1) is 0 Å². The highest BCUT2D eigenvalue weighted by atomic mass is 32.2. The molecule has 2 saturated heterocycles. The third kappa shape index (κ3) is 6.69. The summed E-state index contributed by atoms with van der Waals surface area (Å²) in [6.45, 7) is 6.50. The predicted octanol–water partition coefficient (Wildman–Crippen LogP) is 5.51. The topological polar surface area (TPSA) is 79.0 Å². The van der Waals surface area contributed by atoms with E-state index in [0.717, 1.165) is 49.4 Å². The largest absolute Gasteiger partial charge is 0.457 e. The van der Waals surface area contributed by atoms with Gasteiger partial charge in [-0.2, -0.15) is 4.31 Å². The van der Waals surface area contributed by atoms with Crippen LogP contribution in [0.25, 0.3) is 0 Å². The minimum absolute atomic E-state index is 0.0268. The summed E-state index contributed by atoms with van der Waals surface area (Å²) >= 11 is 0. The smallest absolute Gasteiger partial charge is 0.238 e. The van der Waals surface area contributed by atoms with Crippen molar-refractivity contribution in [1.29, 1.82) is 0 Å². The van der Waals surface area contributed by atoms with E-state index in [0.29, 0.717) is 18.8 Å². The Morgan fingerprint density at radius 3 is 2.10 bits per heavy atom. The Bertz CT molecular complexity index is 1370. The highest BCUT2D eigenvalue weighted by molar-refractivity contribution is 7.88. The Kier molecular flexibility index (Phi) is 7.80. The van der Waals surface area contributed by atoms with Crippen molar-refractivity contribution in [1.82, 2.24) is 9.21 Å². The SMILES string of the molecule is CC1(C)CC2(CCN(CC(=O)Nc3ccc(Oc4ccccc4)cc3)CC2)CN1S(=O)(=O)Cc1ccccc1. The molecule has 2 fully saturated rings. The number of rotatable bonds is 8. The van der Waals surface area contributed by atoms with Crippen LogP contribution in [0.1, 0.15) is 38.7 Å². The first-order valence-electron chi connectivity index (χ1n) is 13.5. The van der Waals surface area contributed by atoms with E-state index in [1.807, 2.05) is 98.8 Å². The van der Waals surface area contributed by atoms with Crippen molar-refractivity contribution in [3.63, 3.8) is 0 Å². The monoisotopic (exact) mass is 547 g/mol. The molecule has 0 unspecified atom stereocenters. The number of nitrogens with one attached hydrogen (secondary N) is 1. The maximum absolute atomic E-state index is 13.4. The van der Waals surface area contributed by atoms with Crippen molar-refractivity contribution in [2.45, 2.75) is 44.4 Å². The van der Waals surface area contributed by atoms with Crippen LogP contribution in [0.3, 0.4) is 0 Å². The lowest BCUT2D eigenvalue weighted by molar-refractivity contribution is -0.117. The molecule has 2 heterocycles. The Labute approximate surface area is 231 Å². The maximum Gasteiger partial charge on any atom is 0.238 e. The van der Waals surface area contributed by atoms with E-state index in [1.165, 1.54) is 0 Å². The molecule has 2 aliphatic heterocycles. The van der Waals surface area contributed by atoms with Gasteiger partial charge in [-0.1, -0.05) is 48.5 Å². The number of sulfonamides is 1. The van der Waals surface area contributed by atoms with Gasteiger partial charge in [-0.05, 0) is 93.6 Å². The lowest BCUT2D eigenvalue weighted by Crippen LogP contribution is -2.45. The molecule has 1 N–H and O–H groups in total. The molecule has 39 heavy (non-hydrogen) atoms. The summed E-state index contributed by atoms with van der Waals surface area (Å²) < 4.78 is 34.3. The van der Waals surface area contributed by atoms with Gasteiger partial charge in [0.15, 0.2) is 0 Å². The molecule has 7 nitrogen and oxygen atoms in total. The number of nitrogens with zero attached hydrogens (tertiary/aromatic N) is 2. The van der Waals surface area contributed by atoms with Gasteiger partial charge in [0.2, 0.25) is 15.9 Å². The number of para-hydroxylation sites is 1. The molecule has 0 radical (unpaired) electrons. The molecule has 3 aromatic rings. The number of benzene rings is 3. The van der Waals surface area contributed by atoms with Gasteiger partial charge in [0.05, 0.1) is 12.3 Å². The number of anilines is 1. The minimum atomic E-state index is -3.44. The Morgan fingerprint density at radius 1 is 0.872 bits per heavy atom. The quantitative estimate of drug-likeness (QED) is 0.402. The van der Waals surface area contributed by atoms with Gasteiger partial charge >= 0.3 is 0 Å². The van der Waals surface area contributed by atoms with Gasteiger partial charge in [-0.3, -0.25) is 9.69 Å². The van der Waals surface area contributed by atoms with Crippen LogP contribution >= 0.6 is 0 Å². The Hall–Kier alpha value is -3.20. The zero-order valence-corrected chi connectivity index (χ0v) is 23.5. The number of likely N-dealkylation sites (tertiary alicyclic amines) is 1.